The number of carbonyl (C=O) groups excluding carboxylic acids is 1. The molecule has 1 aromatic rings. The molecule has 7 heteroatoms. The van der Waals surface area contributed by atoms with Gasteiger partial charge in [0.1, 0.15) is 4.48 Å². The Morgan fingerprint density at radius 1 is 1.33 bits per heavy atom. The molecule has 18 heavy (non-hydrogen) atoms. The number of hydrogen-bond donors (Lipinski definition) is 1. The summed E-state index contributed by atoms with van der Waals surface area (Å²) >= 11 is 2.83. The first-order valence-electron chi connectivity index (χ1n) is 4.79. The quantitative estimate of drug-likeness (QED) is 0.681. The van der Waals surface area contributed by atoms with Gasteiger partial charge in [-0.3, -0.25) is 0 Å². The molecule has 0 fully saturated rings. The largest absolute Gasteiger partial charge is 0.452 e. The number of halogens is 4. The average molecular weight is 324 g/mol. The third kappa shape index (κ3) is 5.72. The fourth-order valence-corrected chi connectivity index (χ4v) is 1.19. The predicted octanol–water partition coefficient (Wildman–Crippen LogP) is 3.44. The van der Waals surface area contributed by atoms with Crippen LogP contribution in [0.3, 0.4) is 0 Å². The molecule has 1 rings (SSSR count). The first-order chi connectivity index (χ1) is 8.38. The lowest BCUT2D eigenvalue weighted by molar-refractivity contribution is -0.182. The number of hydrogen-bond acceptors (Lipinski definition) is 3. The van der Waals surface area contributed by atoms with Gasteiger partial charge < -0.3 is 10.1 Å². The molecule has 98 valence electrons. The number of alkyl halides is 3. The van der Waals surface area contributed by atoms with Crippen LogP contribution < -0.4 is 5.32 Å². The van der Waals surface area contributed by atoms with Crippen molar-refractivity contribution >= 4 is 27.6 Å². The van der Waals surface area contributed by atoms with E-state index in [9.17, 15) is 18.0 Å². The molecule has 0 aliphatic rings. The minimum atomic E-state index is -4.53. The van der Waals surface area contributed by atoms with Crippen molar-refractivity contribution in [2.75, 3.05) is 11.9 Å². The van der Waals surface area contributed by atoms with Gasteiger partial charge in [-0.25, -0.2) is 4.79 Å². The van der Waals surface area contributed by atoms with Gasteiger partial charge in [-0.15, -0.1) is 0 Å². The molecule has 0 amide bonds. The number of nitrogens with one attached hydrogen (secondary N) is 1. The van der Waals surface area contributed by atoms with Crippen molar-refractivity contribution in [3.05, 3.63) is 41.0 Å². The van der Waals surface area contributed by atoms with Crippen LogP contribution in [-0.4, -0.2) is 18.8 Å². The third-order valence-corrected chi connectivity index (χ3v) is 2.25. The molecule has 0 aromatic heterocycles. The molecule has 0 aliphatic carbocycles. The van der Waals surface area contributed by atoms with E-state index in [0.29, 0.717) is 5.69 Å². The molecule has 3 nitrogen and oxygen atoms in total. The Morgan fingerprint density at radius 2 is 1.94 bits per heavy atom. The Kier molecular flexibility index (Phi) is 5.21. The van der Waals surface area contributed by atoms with Crippen LogP contribution in [-0.2, 0) is 9.53 Å². The van der Waals surface area contributed by atoms with Gasteiger partial charge in [-0.1, -0.05) is 18.2 Å². The summed E-state index contributed by atoms with van der Waals surface area (Å²) in [6, 6.07) is 8.81. The highest BCUT2D eigenvalue weighted by Gasteiger charge is 2.29. The summed E-state index contributed by atoms with van der Waals surface area (Å²) in [4.78, 5) is 11.1. The Labute approximate surface area is 110 Å². The Hall–Kier alpha value is -1.50. The molecule has 0 radical (unpaired) electrons. The van der Waals surface area contributed by atoms with Crippen molar-refractivity contribution in [2.45, 2.75) is 6.18 Å². The van der Waals surface area contributed by atoms with Crippen LogP contribution in [0.4, 0.5) is 18.9 Å². The maximum Gasteiger partial charge on any atom is 0.422 e. The highest BCUT2D eigenvalue weighted by Crippen LogP contribution is 2.17. The molecule has 0 atom stereocenters. The standard InChI is InChI=1S/C11H9BrF3NO2/c12-9(10(17)18-7-11(13,14)15)6-16-8-4-2-1-3-5-8/h1-6,16H,7H2/b9-6-. The lowest BCUT2D eigenvalue weighted by Gasteiger charge is -2.07. The Bertz CT molecular complexity index is 432. The topological polar surface area (TPSA) is 38.3 Å². The highest BCUT2D eigenvalue weighted by atomic mass is 79.9. The van der Waals surface area contributed by atoms with E-state index in [-0.39, 0.29) is 4.48 Å². The zero-order valence-electron chi connectivity index (χ0n) is 9.00. The summed E-state index contributed by atoms with van der Waals surface area (Å²) in [5.74, 6) is -1.09. The van der Waals surface area contributed by atoms with Crippen molar-refractivity contribution in [2.24, 2.45) is 0 Å². The second kappa shape index (κ2) is 6.44. The van der Waals surface area contributed by atoms with Gasteiger partial charge in [0.15, 0.2) is 6.61 Å². The maximum absolute atomic E-state index is 11.8. The zero-order chi connectivity index (χ0) is 13.6. The first kappa shape index (κ1) is 14.6. The molecule has 0 bridgehead atoms. The molecular weight excluding hydrogens is 315 g/mol. The molecule has 0 heterocycles. The summed E-state index contributed by atoms with van der Waals surface area (Å²) in [6.07, 6.45) is -3.32. The van der Waals surface area contributed by atoms with Crippen LogP contribution in [0.1, 0.15) is 0 Å². The number of benzene rings is 1. The van der Waals surface area contributed by atoms with Crippen molar-refractivity contribution in [3.63, 3.8) is 0 Å². The van der Waals surface area contributed by atoms with Gasteiger partial charge in [-0.2, -0.15) is 13.2 Å². The number of para-hydroxylation sites is 1. The molecular formula is C11H9BrF3NO2. The second-order valence-corrected chi connectivity index (χ2v) is 4.05. The van der Waals surface area contributed by atoms with Crippen LogP contribution in [0.2, 0.25) is 0 Å². The van der Waals surface area contributed by atoms with Crippen LogP contribution in [0.25, 0.3) is 0 Å². The lowest BCUT2D eigenvalue weighted by atomic mass is 10.3. The number of esters is 1. The smallest absolute Gasteiger partial charge is 0.422 e. The number of ether oxygens (including phenoxy) is 1. The minimum absolute atomic E-state index is 0.129. The second-order valence-electron chi connectivity index (χ2n) is 3.19. The average Bonchev–Trinajstić information content (AvgIpc) is 2.33. The normalized spacial score (nSPS) is 12.1. The summed E-state index contributed by atoms with van der Waals surface area (Å²) in [6.45, 7) is -1.61. The van der Waals surface area contributed by atoms with Crippen LogP contribution in [0.15, 0.2) is 41.0 Å². The molecule has 0 saturated heterocycles. The SMILES string of the molecule is O=C(OCC(F)(F)F)/C(Br)=C/Nc1ccccc1. The van der Waals surface area contributed by atoms with E-state index in [2.05, 4.69) is 26.0 Å². The molecule has 0 unspecified atom stereocenters. The molecule has 0 spiro atoms. The highest BCUT2D eigenvalue weighted by molar-refractivity contribution is 9.12. The van der Waals surface area contributed by atoms with Gasteiger partial charge in [-0.05, 0) is 28.1 Å². The third-order valence-electron chi connectivity index (χ3n) is 1.70. The lowest BCUT2D eigenvalue weighted by Crippen LogP contribution is -2.20. The summed E-state index contributed by atoms with van der Waals surface area (Å²) in [5, 5.41) is 2.73. The molecule has 0 saturated carbocycles. The van der Waals surface area contributed by atoms with Gasteiger partial charge in [0.2, 0.25) is 0 Å². The Morgan fingerprint density at radius 3 is 2.50 bits per heavy atom. The van der Waals surface area contributed by atoms with Crippen molar-refractivity contribution in [1.82, 2.24) is 0 Å². The van der Waals surface area contributed by atoms with Crippen LogP contribution in [0.5, 0.6) is 0 Å². The van der Waals surface area contributed by atoms with E-state index in [4.69, 9.17) is 0 Å². The van der Waals surface area contributed by atoms with Crippen LogP contribution >= 0.6 is 15.9 Å². The minimum Gasteiger partial charge on any atom is -0.452 e. The van der Waals surface area contributed by atoms with E-state index in [1.807, 2.05) is 6.07 Å². The van der Waals surface area contributed by atoms with E-state index >= 15 is 0 Å². The first-order valence-corrected chi connectivity index (χ1v) is 5.59. The van der Waals surface area contributed by atoms with Crippen molar-refractivity contribution in [3.8, 4) is 0 Å². The van der Waals surface area contributed by atoms with E-state index in [1.54, 1.807) is 24.3 Å². The summed E-state index contributed by atoms with van der Waals surface area (Å²) in [5.41, 5.74) is 0.693. The van der Waals surface area contributed by atoms with E-state index < -0.39 is 18.8 Å². The van der Waals surface area contributed by atoms with Crippen molar-refractivity contribution < 1.29 is 22.7 Å². The summed E-state index contributed by atoms with van der Waals surface area (Å²) < 4.78 is 39.3. The number of carbonyl (C=O) groups is 1. The van der Waals surface area contributed by atoms with E-state index in [1.165, 1.54) is 6.20 Å². The predicted molar refractivity (Wildman–Crippen MR) is 64.1 cm³/mol. The molecule has 1 N–H and O–H groups in total. The number of anilines is 1. The monoisotopic (exact) mass is 323 g/mol. The van der Waals surface area contributed by atoms with Gasteiger partial charge >= 0.3 is 12.1 Å². The maximum atomic E-state index is 11.8. The fraction of sp³-hybridized carbons (Fsp3) is 0.182. The van der Waals surface area contributed by atoms with E-state index in [0.717, 1.165) is 0 Å². The number of rotatable bonds is 4. The fourth-order valence-electron chi connectivity index (χ4n) is 0.956. The van der Waals surface area contributed by atoms with Gasteiger partial charge in [0, 0.05) is 11.9 Å². The van der Waals surface area contributed by atoms with Crippen molar-refractivity contribution in [1.29, 1.82) is 0 Å². The Balaban J connectivity index is 2.48. The zero-order valence-corrected chi connectivity index (χ0v) is 10.6. The van der Waals surface area contributed by atoms with Gasteiger partial charge in [0.25, 0.3) is 0 Å². The van der Waals surface area contributed by atoms with Crippen LogP contribution in [0, 0.1) is 0 Å². The van der Waals surface area contributed by atoms with Gasteiger partial charge in [0.05, 0.1) is 0 Å². The molecule has 1 aromatic carbocycles. The molecule has 0 aliphatic heterocycles. The summed E-state index contributed by atoms with van der Waals surface area (Å²) in [7, 11) is 0.